The van der Waals surface area contributed by atoms with E-state index in [-0.39, 0.29) is 11.3 Å². The number of carbonyl (C=O) groups is 1. The van der Waals surface area contributed by atoms with Gasteiger partial charge in [0.1, 0.15) is 0 Å². The van der Waals surface area contributed by atoms with E-state index >= 15 is 0 Å². The van der Waals surface area contributed by atoms with E-state index in [1.165, 1.54) is 39.2 Å². The monoisotopic (exact) mass is 383 g/mol. The Hall–Kier alpha value is -3.48. The van der Waals surface area contributed by atoms with Crippen molar-refractivity contribution in [3.05, 3.63) is 58.0 Å². The first kappa shape index (κ1) is 19.3. The minimum atomic E-state index is -0.256. The van der Waals surface area contributed by atoms with Crippen molar-refractivity contribution in [1.29, 1.82) is 0 Å². The second kappa shape index (κ2) is 7.64. The van der Waals surface area contributed by atoms with Crippen molar-refractivity contribution >= 4 is 16.6 Å². The van der Waals surface area contributed by atoms with Crippen molar-refractivity contribution in [2.75, 3.05) is 28.4 Å². The van der Waals surface area contributed by atoms with Gasteiger partial charge in [-0.05, 0) is 30.3 Å². The van der Waals surface area contributed by atoms with E-state index in [0.29, 0.717) is 44.9 Å². The molecule has 1 aromatic heterocycles. The first-order valence-corrected chi connectivity index (χ1v) is 8.47. The van der Waals surface area contributed by atoms with Crippen molar-refractivity contribution in [2.45, 2.75) is 0 Å². The fraction of sp³-hybridized carbons (Fsp3) is 0.238. The number of hydrogen-bond acceptors (Lipinski definition) is 6. The fourth-order valence-corrected chi connectivity index (χ4v) is 3.10. The average molecular weight is 383 g/mol. The molecule has 146 valence electrons. The number of fused-ring (bicyclic) bond motifs is 1. The summed E-state index contributed by atoms with van der Waals surface area (Å²) in [5.41, 5.74) is 0.539. The number of methoxy groups -OCH3 is 4. The van der Waals surface area contributed by atoms with E-state index in [2.05, 4.69) is 0 Å². The molecule has 2 aromatic carbocycles. The largest absolute Gasteiger partial charge is 0.493 e. The molecule has 0 radical (unpaired) electrons. The van der Waals surface area contributed by atoms with Gasteiger partial charge < -0.3 is 23.5 Å². The second-order valence-corrected chi connectivity index (χ2v) is 6.11. The van der Waals surface area contributed by atoms with Gasteiger partial charge in [0.25, 0.3) is 5.56 Å². The Morgan fingerprint density at radius 1 is 0.786 bits per heavy atom. The minimum Gasteiger partial charge on any atom is -0.493 e. The normalized spacial score (nSPS) is 10.6. The number of ether oxygens (including phenoxy) is 4. The second-order valence-electron chi connectivity index (χ2n) is 6.11. The molecule has 0 bridgehead atoms. The molecule has 3 aromatic rings. The number of benzene rings is 2. The molecule has 0 fully saturated rings. The summed E-state index contributed by atoms with van der Waals surface area (Å²) in [4.78, 5) is 25.9. The van der Waals surface area contributed by atoms with Gasteiger partial charge in [-0.3, -0.25) is 9.59 Å². The molecule has 0 unspecified atom stereocenters. The molecular weight excluding hydrogens is 362 g/mol. The first-order chi connectivity index (χ1) is 13.4. The van der Waals surface area contributed by atoms with E-state index in [0.717, 1.165) is 0 Å². The van der Waals surface area contributed by atoms with Crippen molar-refractivity contribution in [1.82, 2.24) is 4.57 Å². The molecule has 0 atom stereocenters. The lowest BCUT2D eigenvalue weighted by molar-refractivity contribution is 0.103. The van der Waals surface area contributed by atoms with Crippen LogP contribution in [-0.4, -0.2) is 38.8 Å². The molecule has 0 aliphatic heterocycles. The molecule has 0 N–H and O–H groups in total. The molecule has 1 heterocycles. The fourth-order valence-electron chi connectivity index (χ4n) is 3.10. The highest BCUT2D eigenvalue weighted by Gasteiger charge is 2.20. The Morgan fingerprint density at radius 3 is 1.89 bits per heavy atom. The van der Waals surface area contributed by atoms with Crippen molar-refractivity contribution < 1.29 is 23.7 Å². The summed E-state index contributed by atoms with van der Waals surface area (Å²) >= 11 is 0. The van der Waals surface area contributed by atoms with Gasteiger partial charge in [-0.25, -0.2) is 0 Å². The van der Waals surface area contributed by atoms with Crippen LogP contribution in [0.4, 0.5) is 0 Å². The third-order valence-corrected chi connectivity index (χ3v) is 4.58. The number of carbonyl (C=O) groups excluding carboxylic acids is 1. The van der Waals surface area contributed by atoms with Gasteiger partial charge >= 0.3 is 0 Å². The predicted molar refractivity (Wildman–Crippen MR) is 105 cm³/mol. The lowest BCUT2D eigenvalue weighted by Crippen LogP contribution is -2.19. The van der Waals surface area contributed by atoms with Crippen LogP contribution >= 0.6 is 0 Å². The smallest absolute Gasteiger partial charge is 0.258 e. The summed E-state index contributed by atoms with van der Waals surface area (Å²) in [6.45, 7) is 0. The molecule has 0 saturated carbocycles. The highest BCUT2D eigenvalue weighted by Crippen LogP contribution is 2.34. The Kier molecular flexibility index (Phi) is 5.26. The van der Waals surface area contributed by atoms with E-state index in [9.17, 15) is 9.59 Å². The number of aryl methyl sites for hydroxylation is 1. The number of hydrogen-bond donors (Lipinski definition) is 0. The van der Waals surface area contributed by atoms with E-state index in [4.69, 9.17) is 18.9 Å². The van der Waals surface area contributed by atoms with E-state index < -0.39 is 0 Å². The highest BCUT2D eigenvalue weighted by atomic mass is 16.5. The summed E-state index contributed by atoms with van der Waals surface area (Å²) in [6, 6.07) is 8.16. The molecule has 28 heavy (non-hydrogen) atoms. The summed E-state index contributed by atoms with van der Waals surface area (Å²) < 4.78 is 22.5. The molecule has 0 amide bonds. The zero-order valence-electron chi connectivity index (χ0n) is 16.4. The Labute approximate surface area is 162 Å². The number of aromatic nitrogens is 1. The van der Waals surface area contributed by atoms with Gasteiger partial charge in [0, 0.05) is 29.8 Å². The number of pyridine rings is 1. The van der Waals surface area contributed by atoms with Crippen molar-refractivity contribution in [2.24, 2.45) is 7.05 Å². The van der Waals surface area contributed by atoms with Crippen molar-refractivity contribution in [3.8, 4) is 23.0 Å². The zero-order chi connectivity index (χ0) is 20.4. The molecule has 0 saturated heterocycles. The van der Waals surface area contributed by atoms with Crippen LogP contribution in [0, 0.1) is 0 Å². The third-order valence-electron chi connectivity index (χ3n) is 4.58. The van der Waals surface area contributed by atoms with E-state index in [1.54, 1.807) is 37.4 Å². The lowest BCUT2D eigenvalue weighted by Gasteiger charge is -2.14. The van der Waals surface area contributed by atoms with Gasteiger partial charge in [-0.2, -0.15) is 0 Å². The van der Waals surface area contributed by atoms with Crippen molar-refractivity contribution in [3.63, 3.8) is 0 Å². The summed E-state index contributed by atoms with van der Waals surface area (Å²) in [6.07, 6.45) is 1.52. The van der Waals surface area contributed by atoms with Crippen LogP contribution in [0.2, 0.25) is 0 Å². The van der Waals surface area contributed by atoms with E-state index in [1.807, 2.05) is 0 Å². The quantitative estimate of drug-likeness (QED) is 0.610. The molecule has 7 heteroatoms. The Balaban J connectivity index is 2.26. The summed E-state index contributed by atoms with van der Waals surface area (Å²) in [5.74, 6) is 1.57. The number of nitrogens with zero attached hydrogens (tertiary/aromatic N) is 1. The van der Waals surface area contributed by atoms with Crippen LogP contribution in [0.15, 0.2) is 41.3 Å². The highest BCUT2D eigenvalue weighted by molar-refractivity contribution is 6.16. The molecule has 0 spiro atoms. The first-order valence-electron chi connectivity index (χ1n) is 8.47. The minimum absolute atomic E-state index is 0.236. The van der Waals surface area contributed by atoms with Crippen LogP contribution < -0.4 is 24.5 Å². The van der Waals surface area contributed by atoms with Crippen LogP contribution in [0.25, 0.3) is 10.8 Å². The van der Waals surface area contributed by atoms with Crippen LogP contribution in [0.5, 0.6) is 23.0 Å². The summed E-state index contributed by atoms with van der Waals surface area (Å²) in [5, 5.41) is 0.854. The number of ketones is 1. The third kappa shape index (κ3) is 3.15. The SMILES string of the molecule is COc1ccc(C(=O)c2cn(C)c(=O)c3cc(OC)c(OC)cc23)cc1OC. The van der Waals surface area contributed by atoms with Gasteiger partial charge in [0.15, 0.2) is 28.8 Å². The van der Waals surface area contributed by atoms with Gasteiger partial charge in [0.2, 0.25) is 0 Å². The Morgan fingerprint density at radius 2 is 1.32 bits per heavy atom. The molecule has 7 nitrogen and oxygen atoms in total. The average Bonchev–Trinajstić information content (AvgIpc) is 2.74. The van der Waals surface area contributed by atoms with Gasteiger partial charge in [0.05, 0.1) is 33.8 Å². The van der Waals surface area contributed by atoms with Crippen LogP contribution in [0.1, 0.15) is 15.9 Å². The zero-order valence-corrected chi connectivity index (χ0v) is 16.4. The number of rotatable bonds is 6. The topological polar surface area (TPSA) is 76.0 Å². The van der Waals surface area contributed by atoms with Gasteiger partial charge in [-0.15, -0.1) is 0 Å². The predicted octanol–water partition coefficient (Wildman–Crippen LogP) is 2.80. The maximum absolute atomic E-state index is 13.3. The van der Waals surface area contributed by atoms with Gasteiger partial charge in [-0.1, -0.05) is 0 Å². The molecule has 0 aliphatic carbocycles. The standard InChI is InChI=1S/C21H21NO6/c1-22-11-15(20(23)12-6-7-16(25-2)17(8-12)26-3)13-9-18(27-4)19(28-5)10-14(13)21(22)24/h6-11H,1-5H3. The van der Waals surface area contributed by atoms with Crippen LogP contribution in [0.3, 0.4) is 0 Å². The maximum atomic E-state index is 13.3. The Bertz CT molecular complexity index is 1120. The maximum Gasteiger partial charge on any atom is 0.258 e. The molecule has 3 rings (SSSR count). The molecular formula is C21H21NO6. The summed E-state index contributed by atoms with van der Waals surface area (Å²) in [7, 11) is 7.63. The lowest BCUT2D eigenvalue weighted by atomic mass is 9.98. The van der Waals surface area contributed by atoms with Crippen LogP contribution in [-0.2, 0) is 7.05 Å². The molecule has 0 aliphatic rings.